The maximum atomic E-state index is 11.9. The molecule has 1 aromatic heterocycles. The summed E-state index contributed by atoms with van der Waals surface area (Å²) in [5, 5.41) is 19.0. The molecule has 2 N–H and O–H groups in total. The van der Waals surface area contributed by atoms with Crippen molar-refractivity contribution in [2.75, 3.05) is 13.2 Å². The standard InChI is InChI=1S/C15H19N3O3/c19-10-4-2-1-3-9-16-14(20)12-5-7-13(8-6-12)15-18-17-11-21-15/h5-8,11,19H,1-4,9-10H2,(H,16,20). The molecule has 0 aliphatic rings. The van der Waals surface area contributed by atoms with Gasteiger partial charge in [-0.05, 0) is 37.1 Å². The van der Waals surface area contributed by atoms with Crippen molar-refractivity contribution >= 4 is 5.91 Å². The first-order chi connectivity index (χ1) is 10.3. The Morgan fingerprint density at radius 1 is 1.14 bits per heavy atom. The maximum Gasteiger partial charge on any atom is 0.251 e. The van der Waals surface area contributed by atoms with Crippen LogP contribution in [0.3, 0.4) is 0 Å². The molecule has 0 saturated carbocycles. The molecule has 0 saturated heterocycles. The molecule has 2 aromatic rings. The molecule has 0 unspecified atom stereocenters. The molecule has 0 aliphatic heterocycles. The minimum Gasteiger partial charge on any atom is -0.423 e. The molecule has 21 heavy (non-hydrogen) atoms. The number of hydrogen-bond donors (Lipinski definition) is 2. The van der Waals surface area contributed by atoms with Crippen LogP contribution < -0.4 is 5.32 Å². The normalized spacial score (nSPS) is 10.5. The van der Waals surface area contributed by atoms with Gasteiger partial charge in [0.2, 0.25) is 12.3 Å². The van der Waals surface area contributed by atoms with Gasteiger partial charge in [-0.25, -0.2) is 0 Å². The Morgan fingerprint density at radius 3 is 2.57 bits per heavy atom. The summed E-state index contributed by atoms with van der Waals surface area (Å²) in [4.78, 5) is 11.9. The van der Waals surface area contributed by atoms with Gasteiger partial charge in [0.15, 0.2) is 0 Å². The number of aliphatic hydroxyl groups excluding tert-OH is 1. The number of unbranched alkanes of at least 4 members (excludes halogenated alkanes) is 3. The lowest BCUT2D eigenvalue weighted by atomic mass is 10.1. The van der Waals surface area contributed by atoms with Crippen molar-refractivity contribution < 1.29 is 14.3 Å². The maximum absolute atomic E-state index is 11.9. The van der Waals surface area contributed by atoms with E-state index in [1.54, 1.807) is 24.3 Å². The van der Waals surface area contributed by atoms with E-state index in [0.29, 0.717) is 18.0 Å². The number of amides is 1. The van der Waals surface area contributed by atoms with Gasteiger partial charge in [-0.15, -0.1) is 10.2 Å². The van der Waals surface area contributed by atoms with Crippen LogP contribution in [-0.2, 0) is 0 Å². The van der Waals surface area contributed by atoms with Crippen LogP contribution in [0.15, 0.2) is 35.1 Å². The van der Waals surface area contributed by atoms with Gasteiger partial charge >= 0.3 is 0 Å². The fourth-order valence-electron chi connectivity index (χ4n) is 1.96. The monoisotopic (exact) mass is 289 g/mol. The van der Waals surface area contributed by atoms with Crippen molar-refractivity contribution in [1.29, 1.82) is 0 Å². The Morgan fingerprint density at radius 2 is 1.90 bits per heavy atom. The van der Waals surface area contributed by atoms with Crippen molar-refractivity contribution in [2.24, 2.45) is 0 Å². The zero-order valence-electron chi connectivity index (χ0n) is 11.8. The second-order valence-electron chi connectivity index (χ2n) is 4.71. The van der Waals surface area contributed by atoms with Crippen LogP contribution in [-0.4, -0.2) is 34.4 Å². The van der Waals surface area contributed by atoms with Gasteiger partial charge < -0.3 is 14.8 Å². The fraction of sp³-hybridized carbons (Fsp3) is 0.400. The second kappa shape index (κ2) is 8.16. The number of rotatable bonds is 8. The number of nitrogens with zero attached hydrogens (tertiary/aromatic N) is 2. The van der Waals surface area contributed by atoms with E-state index in [-0.39, 0.29) is 12.5 Å². The summed E-state index contributed by atoms with van der Waals surface area (Å²) in [5.74, 6) is 0.347. The lowest BCUT2D eigenvalue weighted by Gasteiger charge is -2.05. The van der Waals surface area contributed by atoms with Crippen LogP contribution in [0.4, 0.5) is 0 Å². The molecule has 0 aliphatic carbocycles. The van der Waals surface area contributed by atoms with Crippen molar-refractivity contribution in [3.63, 3.8) is 0 Å². The first kappa shape index (κ1) is 15.2. The number of carbonyl (C=O) groups excluding carboxylic acids is 1. The first-order valence-electron chi connectivity index (χ1n) is 7.07. The third-order valence-corrected chi connectivity index (χ3v) is 3.12. The highest BCUT2D eigenvalue weighted by Crippen LogP contribution is 2.16. The summed E-state index contributed by atoms with van der Waals surface area (Å²) in [6, 6.07) is 7.04. The molecular weight excluding hydrogens is 270 g/mol. The van der Waals surface area contributed by atoms with E-state index >= 15 is 0 Å². The quantitative estimate of drug-likeness (QED) is 0.726. The van der Waals surface area contributed by atoms with Gasteiger partial charge in [0, 0.05) is 24.3 Å². The predicted molar refractivity (Wildman–Crippen MR) is 77.6 cm³/mol. The molecule has 6 nitrogen and oxygen atoms in total. The van der Waals surface area contributed by atoms with Crippen molar-refractivity contribution in [3.8, 4) is 11.5 Å². The Bertz CT molecular complexity index is 538. The molecule has 1 aromatic carbocycles. The SMILES string of the molecule is O=C(NCCCCCCO)c1ccc(-c2nnco2)cc1. The van der Waals surface area contributed by atoms with Crippen LogP contribution in [0.5, 0.6) is 0 Å². The number of aromatic nitrogens is 2. The minimum absolute atomic E-state index is 0.0887. The summed E-state index contributed by atoms with van der Waals surface area (Å²) in [6.07, 6.45) is 5.02. The fourth-order valence-corrected chi connectivity index (χ4v) is 1.96. The number of nitrogens with one attached hydrogen (secondary N) is 1. The van der Waals surface area contributed by atoms with Gasteiger partial charge in [-0.2, -0.15) is 0 Å². The van der Waals surface area contributed by atoms with Crippen LogP contribution in [0.2, 0.25) is 0 Å². The highest BCUT2D eigenvalue weighted by molar-refractivity contribution is 5.94. The van der Waals surface area contributed by atoms with E-state index in [2.05, 4.69) is 15.5 Å². The van der Waals surface area contributed by atoms with Crippen molar-refractivity contribution in [1.82, 2.24) is 15.5 Å². The van der Waals surface area contributed by atoms with Crippen LogP contribution in [0.1, 0.15) is 36.0 Å². The number of hydrogen-bond acceptors (Lipinski definition) is 5. The molecule has 0 bridgehead atoms. The summed E-state index contributed by atoms with van der Waals surface area (Å²) >= 11 is 0. The highest BCUT2D eigenvalue weighted by Gasteiger charge is 2.07. The second-order valence-corrected chi connectivity index (χ2v) is 4.71. The van der Waals surface area contributed by atoms with Crippen molar-refractivity contribution in [2.45, 2.75) is 25.7 Å². The smallest absolute Gasteiger partial charge is 0.251 e. The van der Waals surface area contributed by atoms with Gasteiger partial charge in [0.05, 0.1) is 0 Å². The lowest BCUT2D eigenvalue weighted by Crippen LogP contribution is -2.24. The Hall–Kier alpha value is -2.21. The van der Waals surface area contributed by atoms with Gasteiger partial charge in [-0.3, -0.25) is 4.79 Å². The molecule has 0 radical (unpaired) electrons. The number of aliphatic hydroxyl groups is 1. The largest absolute Gasteiger partial charge is 0.423 e. The third kappa shape index (κ3) is 4.68. The highest BCUT2D eigenvalue weighted by atomic mass is 16.4. The molecule has 2 rings (SSSR count). The molecule has 1 heterocycles. The molecule has 0 fully saturated rings. The summed E-state index contributed by atoms with van der Waals surface area (Å²) in [5.41, 5.74) is 1.39. The average Bonchev–Trinajstić information content (AvgIpc) is 3.05. The van der Waals surface area contributed by atoms with E-state index in [1.807, 2.05) is 0 Å². The van der Waals surface area contributed by atoms with Crippen LogP contribution in [0.25, 0.3) is 11.5 Å². The molecule has 6 heteroatoms. The Kier molecular flexibility index (Phi) is 5.90. The van der Waals surface area contributed by atoms with E-state index in [9.17, 15) is 4.79 Å². The predicted octanol–water partition coefficient (Wildman–Crippen LogP) is 2.02. The third-order valence-electron chi connectivity index (χ3n) is 3.12. The van der Waals surface area contributed by atoms with Gasteiger partial charge in [-0.1, -0.05) is 12.8 Å². The average molecular weight is 289 g/mol. The zero-order chi connectivity index (χ0) is 14.9. The zero-order valence-corrected chi connectivity index (χ0v) is 11.8. The topological polar surface area (TPSA) is 88.2 Å². The summed E-state index contributed by atoms with van der Waals surface area (Å²) in [7, 11) is 0. The minimum atomic E-state index is -0.0887. The number of carbonyl (C=O) groups is 1. The van der Waals surface area contributed by atoms with Gasteiger partial charge in [0.25, 0.3) is 5.91 Å². The Balaban J connectivity index is 1.78. The summed E-state index contributed by atoms with van der Waals surface area (Å²) < 4.78 is 5.09. The molecule has 0 atom stereocenters. The molecular formula is C15H19N3O3. The molecule has 1 amide bonds. The van der Waals surface area contributed by atoms with E-state index < -0.39 is 0 Å². The first-order valence-corrected chi connectivity index (χ1v) is 7.07. The van der Waals surface area contributed by atoms with E-state index in [4.69, 9.17) is 9.52 Å². The van der Waals surface area contributed by atoms with Gasteiger partial charge in [0.1, 0.15) is 0 Å². The van der Waals surface area contributed by atoms with E-state index in [0.717, 1.165) is 31.2 Å². The van der Waals surface area contributed by atoms with Crippen molar-refractivity contribution in [3.05, 3.63) is 36.2 Å². The molecule has 0 spiro atoms. The lowest BCUT2D eigenvalue weighted by molar-refractivity contribution is 0.0953. The Labute approximate surface area is 123 Å². The van der Waals surface area contributed by atoms with E-state index in [1.165, 1.54) is 6.39 Å². The summed E-state index contributed by atoms with van der Waals surface area (Å²) in [6.45, 7) is 0.883. The van der Waals surface area contributed by atoms with Crippen LogP contribution >= 0.6 is 0 Å². The number of benzene rings is 1. The molecule has 112 valence electrons. The van der Waals surface area contributed by atoms with Crippen LogP contribution in [0, 0.1) is 0 Å².